The summed E-state index contributed by atoms with van der Waals surface area (Å²) in [5, 5.41) is 0. The first-order valence-corrected chi connectivity index (χ1v) is 4.03. The van der Waals surface area contributed by atoms with E-state index in [1.165, 1.54) is 0 Å². The molecule has 0 aliphatic carbocycles. The van der Waals surface area contributed by atoms with Crippen molar-refractivity contribution in [2.24, 2.45) is 11.7 Å². The minimum Gasteiger partial charge on any atom is -0.330 e. The molecular weight excluding hydrogens is 138 g/mol. The van der Waals surface area contributed by atoms with Gasteiger partial charge in [0.1, 0.15) is 0 Å². The third kappa shape index (κ3) is 3.33. The highest BCUT2D eigenvalue weighted by Gasteiger charge is 2.15. The Balaban J connectivity index is 4.02. The van der Waals surface area contributed by atoms with Gasteiger partial charge < -0.3 is 5.73 Å². The van der Waals surface area contributed by atoms with Gasteiger partial charge in [-0.2, -0.15) is 0 Å². The van der Waals surface area contributed by atoms with Gasteiger partial charge in [0.25, 0.3) is 0 Å². The average Bonchev–Trinajstić information content (AvgIpc) is 1.98. The third-order valence-electron chi connectivity index (χ3n) is 1.71. The molecule has 0 heterocycles. The zero-order valence-electron chi connectivity index (χ0n) is 7.39. The van der Waals surface area contributed by atoms with Crippen molar-refractivity contribution in [1.82, 2.24) is 0 Å². The van der Waals surface area contributed by atoms with E-state index in [-0.39, 0.29) is 11.7 Å². The Bertz CT molecular complexity index is 152. The fraction of sp³-hybridized carbons (Fsp3) is 0.667. The van der Waals surface area contributed by atoms with Crippen molar-refractivity contribution in [1.29, 1.82) is 0 Å². The second kappa shape index (κ2) is 5.08. The van der Waals surface area contributed by atoms with Gasteiger partial charge in [-0.05, 0) is 18.9 Å². The summed E-state index contributed by atoms with van der Waals surface area (Å²) < 4.78 is 0. The lowest BCUT2D eigenvalue weighted by Gasteiger charge is -2.11. The van der Waals surface area contributed by atoms with E-state index in [0.29, 0.717) is 12.1 Å². The number of carbonyl (C=O) groups excluding carboxylic acids is 1. The predicted molar refractivity (Wildman–Crippen MR) is 47.3 cm³/mol. The Morgan fingerprint density at radius 1 is 1.64 bits per heavy atom. The van der Waals surface area contributed by atoms with Crippen molar-refractivity contribution in [2.45, 2.75) is 26.7 Å². The van der Waals surface area contributed by atoms with Crippen LogP contribution in [0.15, 0.2) is 12.2 Å². The molecule has 1 unspecified atom stereocenters. The topological polar surface area (TPSA) is 43.1 Å². The van der Waals surface area contributed by atoms with Crippen molar-refractivity contribution in [2.75, 3.05) is 6.54 Å². The summed E-state index contributed by atoms with van der Waals surface area (Å²) in [5.41, 5.74) is 6.05. The molecule has 2 nitrogen and oxygen atoms in total. The molecule has 0 spiro atoms. The largest absolute Gasteiger partial charge is 0.330 e. The van der Waals surface area contributed by atoms with E-state index >= 15 is 0 Å². The molecule has 0 aromatic heterocycles. The molecule has 2 N–H and O–H groups in total. The van der Waals surface area contributed by atoms with Gasteiger partial charge >= 0.3 is 0 Å². The Morgan fingerprint density at radius 2 is 2.18 bits per heavy atom. The monoisotopic (exact) mass is 155 g/mol. The van der Waals surface area contributed by atoms with Crippen LogP contribution in [0.25, 0.3) is 0 Å². The summed E-state index contributed by atoms with van der Waals surface area (Å²) in [6.45, 7) is 7.83. The number of rotatable bonds is 5. The van der Waals surface area contributed by atoms with Crippen molar-refractivity contribution in [3.63, 3.8) is 0 Å². The molecule has 0 amide bonds. The molecule has 2 heteroatoms. The van der Waals surface area contributed by atoms with Crippen LogP contribution in [-0.4, -0.2) is 12.3 Å². The van der Waals surface area contributed by atoms with Gasteiger partial charge in [-0.3, -0.25) is 4.79 Å². The van der Waals surface area contributed by atoms with Crippen LogP contribution in [0.2, 0.25) is 0 Å². The standard InChI is InChI=1S/C9H17NO/c1-4-5-8(6-10)9(11)7(2)3/h8H,2,4-6,10H2,1,3H3. The van der Waals surface area contributed by atoms with Gasteiger partial charge in [0.05, 0.1) is 0 Å². The van der Waals surface area contributed by atoms with E-state index in [1.54, 1.807) is 6.92 Å². The molecule has 0 aliphatic heterocycles. The van der Waals surface area contributed by atoms with Crippen LogP contribution in [0.4, 0.5) is 0 Å². The van der Waals surface area contributed by atoms with Crippen molar-refractivity contribution in [3.8, 4) is 0 Å². The maximum Gasteiger partial charge on any atom is 0.162 e. The quantitative estimate of drug-likeness (QED) is 0.611. The van der Waals surface area contributed by atoms with E-state index in [2.05, 4.69) is 6.58 Å². The Kier molecular flexibility index (Phi) is 4.79. The summed E-state index contributed by atoms with van der Waals surface area (Å²) in [4.78, 5) is 11.3. The van der Waals surface area contributed by atoms with E-state index < -0.39 is 0 Å². The van der Waals surface area contributed by atoms with Gasteiger partial charge in [0.2, 0.25) is 0 Å². The number of allylic oxidation sites excluding steroid dienone is 1. The second-order valence-electron chi connectivity index (χ2n) is 2.87. The molecule has 64 valence electrons. The van der Waals surface area contributed by atoms with Crippen molar-refractivity contribution in [3.05, 3.63) is 12.2 Å². The van der Waals surface area contributed by atoms with Gasteiger partial charge in [-0.15, -0.1) is 0 Å². The average molecular weight is 155 g/mol. The number of hydrogen-bond donors (Lipinski definition) is 1. The number of hydrogen-bond acceptors (Lipinski definition) is 2. The molecular formula is C9H17NO. The molecule has 0 aromatic rings. The SMILES string of the molecule is C=C(C)C(=O)C(CN)CCC. The zero-order chi connectivity index (χ0) is 8.85. The Labute approximate surface area is 68.5 Å². The van der Waals surface area contributed by atoms with Gasteiger partial charge in [0, 0.05) is 12.5 Å². The lowest BCUT2D eigenvalue weighted by Crippen LogP contribution is -2.23. The maximum atomic E-state index is 11.3. The zero-order valence-corrected chi connectivity index (χ0v) is 7.39. The molecule has 0 saturated heterocycles. The number of Topliss-reactive ketones (excluding diaryl/α,β-unsaturated/α-hetero) is 1. The van der Waals surface area contributed by atoms with Crippen LogP contribution < -0.4 is 5.73 Å². The van der Waals surface area contributed by atoms with Crippen molar-refractivity contribution < 1.29 is 4.79 Å². The van der Waals surface area contributed by atoms with E-state index in [0.717, 1.165) is 12.8 Å². The smallest absolute Gasteiger partial charge is 0.162 e. The molecule has 0 radical (unpaired) electrons. The van der Waals surface area contributed by atoms with Crippen LogP contribution in [0.3, 0.4) is 0 Å². The van der Waals surface area contributed by atoms with Crippen LogP contribution in [0.5, 0.6) is 0 Å². The minimum atomic E-state index is -0.00231. The molecule has 0 rings (SSSR count). The lowest BCUT2D eigenvalue weighted by molar-refractivity contribution is -0.119. The third-order valence-corrected chi connectivity index (χ3v) is 1.71. The van der Waals surface area contributed by atoms with Gasteiger partial charge in [-0.25, -0.2) is 0 Å². The molecule has 1 atom stereocenters. The predicted octanol–water partition coefficient (Wildman–Crippen LogP) is 1.51. The van der Waals surface area contributed by atoms with Gasteiger partial charge in [-0.1, -0.05) is 19.9 Å². The van der Waals surface area contributed by atoms with E-state index in [9.17, 15) is 4.79 Å². The first-order valence-electron chi connectivity index (χ1n) is 4.03. The number of nitrogens with two attached hydrogens (primary N) is 1. The van der Waals surface area contributed by atoms with Crippen LogP contribution in [0.1, 0.15) is 26.7 Å². The minimum absolute atomic E-state index is 0.00231. The van der Waals surface area contributed by atoms with Crippen LogP contribution >= 0.6 is 0 Å². The summed E-state index contributed by atoms with van der Waals surface area (Å²) in [6.07, 6.45) is 1.88. The second-order valence-corrected chi connectivity index (χ2v) is 2.87. The molecule has 0 aromatic carbocycles. The summed E-state index contributed by atoms with van der Waals surface area (Å²) >= 11 is 0. The molecule has 0 aliphatic rings. The molecule has 0 bridgehead atoms. The number of ketones is 1. The Hall–Kier alpha value is -0.630. The summed E-state index contributed by atoms with van der Waals surface area (Å²) in [5.74, 6) is 0.117. The highest BCUT2D eigenvalue weighted by Crippen LogP contribution is 2.09. The summed E-state index contributed by atoms with van der Waals surface area (Å²) in [6, 6.07) is 0. The van der Waals surface area contributed by atoms with Crippen LogP contribution in [0, 0.1) is 5.92 Å². The fourth-order valence-corrected chi connectivity index (χ4v) is 1.05. The highest BCUT2D eigenvalue weighted by molar-refractivity contribution is 5.96. The molecule has 11 heavy (non-hydrogen) atoms. The van der Waals surface area contributed by atoms with Crippen molar-refractivity contribution >= 4 is 5.78 Å². The maximum absolute atomic E-state index is 11.3. The fourth-order valence-electron chi connectivity index (χ4n) is 1.05. The first kappa shape index (κ1) is 10.4. The number of carbonyl (C=O) groups is 1. The Morgan fingerprint density at radius 3 is 2.45 bits per heavy atom. The van der Waals surface area contributed by atoms with Gasteiger partial charge in [0.15, 0.2) is 5.78 Å². The van der Waals surface area contributed by atoms with E-state index in [1.807, 2.05) is 6.92 Å². The molecule has 0 saturated carbocycles. The lowest BCUT2D eigenvalue weighted by atomic mass is 9.95. The van der Waals surface area contributed by atoms with Crippen LogP contribution in [-0.2, 0) is 4.79 Å². The highest BCUT2D eigenvalue weighted by atomic mass is 16.1. The first-order chi connectivity index (χ1) is 5.13. The molecule has 0 fully saturated rings. The normalized spacial score (nSPS) is 12.6. The summed E-state index contributed by atoms with van der Waals surface area (Å²) in [7, 11) is 0. The van der Waals surface area contributed by atoms with E-state index in [4.69, 9.17) is 5.73 Å².